The molecule has 2 fully saturated rings. The molecule has 0 spiro atoms. The number of piperidine rings is 1. The predicted octanol–water partition coefficient (Wildman–Crippen LogP) is 6.73. The van der Waals surface area contributed by atoms with E-state index in [1.54, 1.807) is 0 Å². The first-order valence-corrected chi connectivity index (χ1v) is 11.9. The smallest absolute Gasteiger partial charge is 0.189 e. The van der Waals surface area contributed by atoms with Crippen LogP contribution >= 0.6 is 12.4 Å². The number of rotatable bonds is 4. The number of hydrogen-bond acceptors (Lipinski definition) is 2. The van der Waals surface area contributed by atoms with Crippen LogP contribution in [-0.4, -0.2) is 23.8 Å². The van der Waals surface area contributed by atoms with Gasteiger partial charge in [-0.05, 0) is 67.3 Å². The van der Waals surface area contributed by atoms with E-state index in [0.717, 1.165) is 50.0 Å². The highest BCUT2D eigenvalue weighted by Crippen LogP contribution is 2.36. The molecular weight excluding hydrogens is 402 g/mol. The first kappa shape index (κ1) is 22.3. The second-order valence-electron chi connectivity index (χ2n) is 9.55. The van der Waals surface area contributed by atoms with Gasteiger partial charge in [0.25, 0.3) is 0 Å². The molecule has 3 heteroatoms. The highest BCUT2D eigenvalue weighted by Gasteiger charge is 2.28. The molecule has 5 rings (SSSR count). The van der Waals surface area contributed by atoms with Gasteiger partial charge in [-0.25, -0.2) is 0 Å². The number of nitrogens with zero attached hydrogens (tertiary/aromatic N) is 1. The Labute approximate surface area is 193 Å². The summed E-state index contributed by atoms with van der Waals surface area (Å²) in [6.07, 6.45) is 12.2. The largest absolute Gasteiger partial charge is 0.299 e. The molecule has 31 heavy (non-hydrogen) atoms. The SMILES string of the molecule is Cl.O=C1C(=CC2CCN(Cc3ccccc3)CC2)Cc2cc(C3CCCCC3)ccc21. The molecule has 2 nitrogen and oxygen atoms in total. The predicted molar refractivity (Wildman–Crippen MR) is 130 cm³/mol. The monoisotopic (exact) mass is 435 g/mol. The molecule has 2 aliphatic carbocycles. The van der Waals surface area contributed by atoms with Gasteiger partial charge in [-0.2, -0.15) is 0 Å². The van der Waals surface area contributed by atoms with Crippen LogP contribution in [0.2, 0.25) is 0 Å². The summed E-state index contributed by atoms with van der Waals surface area (Å²) in [5, 5.41) is 0. The lowest BCUT2D eigenvalue weighted by molar-refractivity contribution is 0.103. The number of carbonyl (C=O) groups is 1. The van der Waals surface area contributed by atoms with E-state index in [1.807, 2.05) is 0 Å². The van der Waals surface area contributed by atoms with Crippen molar-refractivity contribution >= 4 is 18.2 Å². The molecule has 0 atom stereocenters. The zero-order valence-electron chi connectivity index (χ0n) is 18.4. The van der Waals surface area contributed by atoms with E-state index in [4.69, 9.17) is 0 Å². The van der Waals surface area contributed by atoms with E-state index in [2.05, 4.69) is 59.5 Å². The van der Waals surface area contributed by atoms with Crippen molar-refractivity contribution in [3.05, 3.63) is 82.4 Å². The first-order chi connectivity index (χ1) is 14.8. The molecule has 0 N–H and O–H groups in total. The molecule has 2 aromatic carbocycles. The van der Waals surface area contributed by atoms with Gasteiger partial charge in [0.05, 0.1) is 0 Å². The van der Waals surface area contributed by atoms with Crippen molar-refractivity contribution in [1.29, 1.82) is 0 Å². The van der Waals surface area contributed by atoms with Gasteiger partial charge < -0.3 is 0 Å². The maximum Gasteiger partial charge on any atom is 0.189 e. The number of Topliss-reactive ketones (excluding diaryl/α,β-unsaturated/α-hetero) is 1. The third kappa shape index (κ3) is 5.13. The Morgan fingerprint density at radius 2 is 1.65 bits per heavy atom. The lowest BCUT2D eigenvalue weighted by atomic mass is 9.83. The Balaban J connectivity index is 0.00000231. The Morgan fingerprint density at radius 3 is 2.39 bits per heavy atom. The van der Waals surface area contributed by atoms with Gasteiger partial charge in [0.15, 0.2) is 5.78 Å². The van der Waals surface area contributed by atoms with Crippen molar-refractivity contribution in [2.75, 3.05) is 13.1 Å². The summed E-state index contributed by atoms with van der Waals surface area (Å²) in [6, 6.07) is 17.4. The minimum Gasteiger partial charge on any atom is -0.299 e. The number of benzene rings is 2. The number of fused-ring (bicyclic) bond motifs is 1. The van der Waals surface area contributed by atoms with Crippen molar-refractivity contribution in [2.24, 2.45) is 5.92 Å². The number of allylic oxidation sites excluding steroid dienone is 2. The number of likely N-dealkylation sites (tertiary alicyclic amines) is 1. The summed E-state index contributed by atoms with van der Waals surface area (Å²) >= 11 is 0. The molecule has 0 aromatic heterocycles. The summed E-state index contributed by atoms with van der Waals surface area (Å²) in [7, 11) is 0. The van der Waals surface area contributed by atoms with Crippen molar-refractivity contribution in [3.63, 3.8) is 0 Å². The average Bonchev–Trinajstić information content (AvgIpc) is 3.11. The molecule has 0 amide bonds. The van der Waals surface area contributed by atoms with Crippen molar-refractivity contribution < 1.29 is 4.79 Å². The van der Waals surface area contributed by atoms with E-state index in [-0.39, 0.29) is 18.2 Å². The summed E-state index contributed by atoms with van der Waals surface area (Å²) in [5.74, 6) is 1.54. The molecule has 1 saturated heterocycles. The van der Waals surface area contributed by atoms with Crippen LogP contribution in [-0.2, 0) is 13.0 Å². The third-order valence-corrected chi connectivity index (χ3v) is 7.44. The average molecular weight is 436 g/mol. The number of ketones is 1. The first-order valence-electron chi connectivity index (χ1n) is 11.9. The maximum absolute atomic E-state index is 13.0. The summed E-state index contributed by atoms with van der Waals surface area (Å²) in [4.78, 5) is 15.5. The second-order valence-corrected chi connectivity index (χ2v) is 9.55. The van der Waals surface area contributed by atoms with Gasteiger partial charge in [-0.1, -0.05) is 73.9 Å². The van der Waals surface area contributed by atoms with E-state index in [0.29, 0.717) is 11.8 Å². The quantitative estimate of drug-likeness (QED) is 0.496. The summed E-state index contributed by atoms with van der Waals surface area (Å²) in [6.45, 7) is 3.28. The van der Waals surface area contributed by atoms with Crippen molar-refractivity contribution in [2.45, 2.75) is 63.8 Å². The van der Waals surface area contributed by atoms with E-state index < -0.39 is 0 Å². The van der Waals surface area contributed by atoms with Gasteiger partial charge in [-0.3, -0.25) is 9.69 Å². The van der Waals surface area contributed by atoms with Crippen molar-refractivity contribution in [3.8, 4) is 0 Å². The fourth-order valence-electron chi connectivity index (χ4n) is 5.67. The standard InChI is InChI=1S/C28H33NO.ClH/c30-28-26(17-21-13-15-29(16-14-21)20-22-7-3-1-4-8-22)19-25-18-24(11-12-27(25)28)23-9-5-2-6-10-23;/h1,3-4,7-8,11-12,17-18,21,23H,2,5-6,9-10,13-16,19-20H2;1H. The van der Waals surface area contributed by atoms with E-state index >= 15 is 0 Å². The molecular formula is C28H34ClNO. The van der Waals surface area contributed by atoms with Crippen LogP contribution < -0.4 is 0 Å². The molecule has 0 radical (unpaired) electrons. The number of carbonyl (C=O) groups excluding carboxylic acids is 1. The fraction of sp³-hybridized carbons (Fsp3) is 0.464. The van der Waals surface area contributed by atoms with Gasteiger partial charge in [-0.15, -0.1) is 12.4 Å². The number of halogens is 1. The maximum atomic E-state index is 13.0. The fourth-order valence-corrected chi connectivity index (χ4v) is 5.67. The number of hydrogen-bond donors (Lipinski definition) is 0. The molecule has 0 bridgehead atoms. The third-order valence-electron chi connectivity index (χ3n) is 7.44. The highest BCUT2D eigenvalue weighted by atomic mass is 35.5. The zero-order valence-corrected chi connectivity index (χ0v) is 19.2. The van der Waals surface area contributed by atoms with Crippen molar-refractivity contribution in [1.82, 2.24) is 4.90 Å². The molecule has 2 aromatic rings. The molecule has 1 saturated carbocycles. The Kier molecular flexibility index (Phi) is 7.30. The lowest BCUT2D eigenvalue weighted by Crippen LogP contribution is -2.32. The van der Waals surface area contributed by atoms with Crippen LogP contribution in [0.3, 0.4) is 0 Å². The Hall–Kier alpha value is -1.90. The van der Waals surface area contributed by atoms with Gasteiger partial charge in [0, 0.05) is 24.1 Å². The van der Waals surface area contributed by atoms with Gasteiger partial charge >= 0.3 is 0 Å². The second kappa shape index (κ2) is 10.1. The highest BCUT2D eigenvalue weighted by molar-refractivity contribution is 6.13. The lowest BCUT2D eigenvalue weighted by Gasteiger charge is -2.30. The minimum atomic E-state index is 0. The normalized spacial score (nSPS) is 21.8. The van der Waals surface area contributed by atoms with Crippen LogP contribution in [0, 0.1) is 5.92 Å². The van der Waals surface area contributed by atoms with Crippen LogP contribution in [0.1, 0.15) is 77.9 Å². The Morgan fingerprint density at radius 1 is 0.903 bits per heavy atom. The van der Waals surface area contributed by atoms with E-state index in [1.165, 1.54) is 48.8 Å². The minimum absolute atomic E-state index is 0. The zero-order chi connectivity index (χ0) is 20.3. The topological polar surface area (TPSA) is 20.3 Å². The summed E-state index contributed by atoms with van der Waals surface area (Å²) < 4.78 is 0. The summed E-state index contributed by atoms with van der Waals surface area (Å²) in [5.41, 5.74) is 6.15. The molecule has 3 aliphatic rings. The molecule has 1 heterocycles. The molecule has 164 valence electrons. The van der Waals surface area contributed by atoms with Crippen LogP contribution in [0.15, 0.2) is 60.2 Å². The van der Waals surface area contributed by atoms with Crippen LogP contribution in [0.4, 0.5) is 0 Å². The Bertz CT molecular complexity index is 921. The molecule has 0 unspecified atom stereocenters. The van der Waals surface area contributed by atoms with Gasteiger partial charge in [0.2, 0.25) is 0 Å². The molecule has 1 aliphatic heterocycles. The van der Waals surface area contributed by atoms with Crippen LogP contribution in [0.5, 0.6) is 0 Å². The van der Waals surface area contributed by atoms with Crippen LogP contribution in [0.25, 0.3) is 0 Å². The van der Waals surface area contributed by atoms with E-state index in [9.17, 15) is 4.79 Å². The van der Waals surface area contributed by atoms with Gasteiger partial charge in [0.1, 0.15) is 0 Å².